The number of carbonyl (C=O) groups is 1. The van der Waals surface area contributed by atoms with E-state index in [1.807, 2.05) is 18.2 Å². The predicted molar refractivity (Wildman–Crippen MR) is 94.6 cm³/mol. The first-order valence-corrected chi connectivity index (χ1v) is 8.91. The van der Waals surface area contributed by atoms with Crippen molar-refractivity contribution in [3.63, 3.8) is 0 Å². The van der Waals surface area contributed by atoms with Crippen LogP contribution in [0.3, 0.4) is 0 Å². The number of likely N-dealkylation sites (tertiary alicyclic amines) is 1. The number of rotatable bonds is 5. The average molecular weight is 399 g/mol. The van der Waals surface area contributed by atoms with Crippen molar-refractivity contribution in [1.29, 1.82) is 0 Å². The van der Waals surface area contributed by atoms with Crippen LogP contribution in [0.1, 0.15) is 24.0 Å². The van der Waals surface area contributed by atoms with Gasteiger partial charge in [0.25, 0.3) is 0 Å². The number of halogens is 4. The van der Waals surface area contributed by atoms with Crippen LogP contribution in [-0.2, 0) is 17.4 Å². The average Bonchev–Trinajstić information content (AvgIpc) is 3.08. The lowest BCUT2D eigenvalue weighted by Crippen LogP contribution is -2.31. The Morgan fingerprint density at radius 3 is 2.85 bits per heavy atom. The molecule has 8 heteroatoms. The summed E-state index contributed by atoms with van der Waals surface area (Å²) < 4.78 is 43.8. The molecule has 1 aliphatic heterocycles. The molecule has 144 valence electrons. The number of benzene rings is 1. The summed E-state index contributed by atoms with van der Waals surface area (Å²) in [6.07, 6.45) is -2.26. The second-order valence-corrected chi connectivity index (χ2v) is 6.82. The summed E-state index contributed by atoms with van der Waals surface area (Å²) in [4.78, 5) is 17.9. The van der Waals surface area contributed by atoms with Gasteiger partial charge in [0.15, 0.2) is 0 Å². The van der Waals surface area contributed by atoms with Gasteiger partial charge in [0.2, 0.25) is 11.8 Å². The van der Waals surface area contributed by atoms with E-state index in [4.69, 9.17) is 16.3 Å². The summed E-state index contributed by atoms with van der Waals surface area (Å²) in [5.41, 5.74) is 0.177. The number of aryl methyl sites for hydroxylation is 1. The largest absolute Gasteiger partial charge is 0.472 e. The van der Waals surface area contributed by atoms with Crippen molar-refractivity contribution >= 4 is 17.5 Å². The van der Waals surface area contributed by atoms with Crippen LogP contribution in [0.4, 0.5) is 13.2 Å². The van der Waals surface area contributed by atoms with Crippen molar-refractivity contribution in [2.24, 2.45) is 0 Å². The molecule has 0 radical (unpaired) electrons. The molecule has 1 fully saturated rings. The monoisotopic (exact) mass is 398 g/mol. The zero-order valence-electron chi connectivity index (χ0n) is 14.4. The fraction of sp³-hybridized carbons (Fsp3) is 0.368. The molecule has 2 aromatic rings. The third-order valence-electron chi connectivity index (χ3n) is 4.36. The van der Waals surface area contributed by atoms with Gasteiger partial charge in [-0.3, -0.25) is 4.79 Å². The number of amides is 1. The van der Waals surface area contributed by atoms with Crippen molar-refractivity contribution < 1.29 is 22.7 Å². The fourth-order valence-corrected chi connectivity index (χ4v) is 3.19. The fourth-order valence-electron chi connectivity index (χ4n) is 2.97. The molecule has 1 saturated heterocycles. The molecular formula is C19H18ClF3N2O2. The molecule has 0 saturated carbocycles. The number of aromatic nitrogens is 1. The normalized spacial score (nSPS) is 17.2. The van der Waals surface area contributed by atoms with Gasteiger partial charge in [-0.2, -0.15) is 13.2 Å². The van der Waals surface area contributed by atoms with Gasteiger partial charge in [0.05, 0.1) is 12.1 Å². The van der Waals surface area contributed by atoms with Crippen LogP contribution < -0.4 is 4.74 Å². The smallest absolute Gasteiger partial charge is 0.416 e. The highest BCUT2D eigenvalue weighted by Gasteiger charge is 2.32. The minimum absolute atomic E-state index is 0.0157. The number of alkyl halides is 3. The van der Waals surface area contributed by atoms with E-state index in [1.54, 1.807) is 11.0 Å². The minimum Gasteiger partial charge on any atom is -0.472 e. The molecular weight excluding hydrogens is 381 g/mol. The van der Waals surface area contributed by atoms with Crippen LogP contribution in [0.15, 0.2) is 42.6 Å². The van der Waals surface area contributed by atoms with E-state index in [9.17, 15) is 18.0 Å². The second kappa shape index (κ2) is 8.17. The van der Waals surface area contributed by atoms with Gasteiger partial charge < -0.3 is 9.64 Å². The summed E-state index contributed by atoms with van der Waals surface area (Å²) >= 11 is 5.93. The van der Waals surface area contributed by atoms with Crippen LogP contribution in [0.2, 0.25) is 5.02 Å². The SMILES string of the molecule is O=C(CCc1cccc(Cl)c1)N1CCC(Oc2cc(C(F)(F)F)ccn2)C1. The zero-order chi connectivity index (χ0) is 19.4. The van der Waals surface area contributed by atoms with Crippen molar-refractivity contribution in [1.82, 2.24) is 9.88 Å². The van der Waals surface area contributed by atoms with Crippen LogP contribution in [-0.4, -0.2) is 35.0 Å². The van der Waals surface area contributed by atoms with E-state index in [-0.39, 0.29) is 17.9 Å². The Labute approximate surface area is 159 Å². The molecule has 4 nitrogen and oxygen atoms in total. The standard InChI is InChI=1S/C19H18ClF3N2O2/c20-15-3-1-2-13(10-15)4-5-18(26)25-9-7-16(12-25)27-17-11-14(6-8-24-17)19(21,22)23/h1-3,6,8,10-11,16H,4-5,7,9,12H2. The Hall–Kier alpha value is -2.28. The van der Waals surface area contributed by atoms with Gasteiger partial charge in [-0.05, 0) is 30.2 Å². The molecule has 27 heavy (non-hydrogen) atoms. The Morgan fingerprint density at radius 2 is 2.11 bits per heavy atom. The predicted octanol–water partition coefficient (Wildman–Crippen LogP) is 4.37. The lowest BCUT2D eigenvalue weighted by Gasteiger charge is -2.17. The van der Waals surface area contributed by atoms with Crippen molar-refractivity contribution in [2.75, 3.05) is 13.1 Å². The maximum atomic E-state index is 12.8. The number of hydrogen-bond donors (Lipinski definition) is 0. The lowest BCUT2D eigenvalue weighted by molar-refractivity contribution is -0.137. The van der Waals surface area contributed by atoms with Gasteiger partial charge in [-0.25, -0.2) is 4.98 Å². The number of nitrogens with zero attached hydrogens (tertiary/aromatic N) is 2. The molecule has 1 atom stereocenters. The molecule has 1 aliphatic rings. The van der Waals surface area contributed by atoms with Gasteiger partial charge in [0.1, 0.15) is 6.10 Å². The summed E-state index contributed by atoms with van der Waals surface area (Å²) in [6, 6.07) is 9.12. The maximum Gasteiger partial charge on any atom is 0.416 e. The maximum absolute atomic E-state index is 12.8. The van der Waals surface area contributed by atoms with Crippen molar-refractivity contribution in [3.8, 4) is 5.88 Å². The van der Waals surface area contributed by atoms with E-state index in [0.29, 0.717) is 37.4 Å². The van der Waals surface area contributed by atoms with Crippen LogP contribution in [0, 0.1) is 0 Å². The molecule has 1 aromatic heterocycles. The lowest BCUT2D eigenvalue weighted by atomic mass is 10.1. The van der Waals surface area contributed by atoms with Crippen LogP contribution >= 0.6 is 11.6 Å². The van der Waals surface area contributed by atoms with E-state index in [1.165, 1.54) is 0 Å². The van der Waals surface area contributed by atoms with E-state index in [2.05, 4.69) is 4.98 Å². The first-order chi connectivity index (χ1) is 12.8. The van der Waals surface area contributed by atoms with E-state index < -0.39 is 11.7 Å². The van der Waals surface area contributed by atoms with Gasteiger partial charge in [-0.1, -0.05) is 23.7 Å². The molecule has 1 amide bonds. The first kappa shape index (κ1) is 19.5. The van der Waals surface area contributed by atoms with E-state index >= 15 is 0 Å². The first-order valence-electron chi connectivity index (χ1n) is 8.53. The number of hydrogen-bond acceptors (Lipinski definition) is 3. The highest BCUT2D eigenvalue weighted by atomic mass is 35.5. The molecule has 1 aromatic carbocycles. The zero-order valence-corrected chi connectivity index (χ0v) is 15.1. The third kappa shape index (κ3) is 5.35. The second-order valence-electron chi connectivity index (χ2n) is 6.38. The molecule has 2 heterocycles. The summed E-state index contributed by atoms with van der Waals surface area (Å²) in [6.45, 7) is 0.852. The van der Waals surface area contributed by atoms with Crippen molar-refractivity contribution in [3.05, 3.63) is 58.7 Å². The Balaban J connectivity index is 1.52. The minimum atomic E-state index is -4.45. The topological polar surface area (TPSA) is 42.4 Å². The molecule has 1 unspecified atom stereocenters. The Morgan fingerprint density at radius 1 is 1.30 bits per heavy atom. The van der Waals surface area contributed by atoms with E-state index in [0.717, 1.165) is 23.9 Å². The summed E-state index contributed by atoms with van der Waals surface area (Å²) in [5.74, 6) is -0.0962. The summed E-state index contributed by atoms with van der Waals surface area (Å²) in [7, 11) is 0. The Bertz CT molecular complexity index is 814. The number of pyridine rings is 1. The molecule has 0 N–H and O–H groups in total. The van der Waals surface area contributed by atoms with Crippen molar-refractivity contribution in [2.45, 2.75) is 31.5 Å². The highest BCUT2D eigenvalue weighted by molar-refractivity contribution is 6.30. The van der Waals surface area contributed by atoms with Crippen LogP contribution in [0.5, 0.6) is 5.88 Å². The summed E-state index contributed by atoms with van der Waals surface area (Å²) in [5, 5.41) is 0.628. The Kier molecular flexibility index (Phi) is 5.89. The molecule has 3 rings (SSSR count). The quantitative estimate of drug-likeness (QED) is 0.751. The number of carbonyl (C=O) groups excluding carboxylic acids is 1. The third-order valence-corrected chi connectivity index (χ3v) is 4.60. The van der Waals surface area contributed by atoms with Gasteiger partial charge in [0, 0.05) is 36.7 Å². The van der Waals surface area contributed by atoms with Crippen LogP contribution in [0.25, 0.3) is 0 Å². The number of ether oxygens (including phenoxy) is 1. The molecule has 0 spiro atoms. The van der Waals surface area contributed by atoms with Gasteiger partial charge in [-0.15, -0.1) is 0 Å². The highest BCUT2D eigenvalue weighted by Crippen LogP contribution is 2.31. The molecule has 0 bridgehead atoms. The van der Waals surface area contributed by atoms with Gasteiger partial charge >= 0.3 is 6.18 Å². The molecule has 0 aliphatic carbocycles.